The average Bonchev–Trinajstić information content (AvgIpc) is 3.23. The van der Waals surface area contributed by atoms with Gasteiger partial charge in [0.2, 0.25) is 0 Å². The van der Waals surface area contributed by atoms with Gasteiger partial charge in [0, 0.05) is 18.4 Å². The molecule has 0 saturated heterocycles. The Morgan fingerprint density at radius 3 is 3.14 bits per heavy atom. The van der Waals surface area contributed by atoms with Gasteiger partial charge in [-0.25, -0.2) is 4.98 Å². The third kappa shape index (κ3) is 2.38. The van der Waals surface area contributed by atoms with Crippen molar-refractivity contribution in [3.05, 3.63) is 29.9 Å². The molecule has 1 aliphatic rings. The summed E-state index contributed by atoms with van der Waals surface area (Å²) in [5.74, 6) is 0.803. The van der Waals surface area contributed by atoms with Crippen LogP contribution in [0, 0.1) is 0 Å². The Labute approximate surface area is 128 Å². The second-order valence-electron chi connectivity index (χ2n) is 5.36. The Morgan fingerprint density at radius 2 is 2.48 bits per heavy atom. The zero-order valence-corrected chi connectivity index (χ0v) is 13.0. The summed E-state index contributed by atoms with van der Waals surface area (Å²) >= 11 is 1.68. The molecule has 2 aromatic heterocycles. The maximum Gasteiger partial charge on any atom is 0.326 e. The molecule has 0 amide bonds. The quantitative estimate of drug-likeness (QED) is 0.882. The molecular formula is C15H19N3O2S. The van der Waals surface area contributed by atoms with Crippen LogP contribution in [0.3, 0.4) is 0 Å². The number of carbonyl (C=O) groups excluding carboxylic acids is 1. The smallest absolute Gasteiger partial charge is 0.326 e. The topological polar surface area (TPSA) is 56.1 Å². The van der Waals surface area contributed by atoms with E-state index in [2.05, 4.69) is 26.3 Å². The summed E-state index contributed by atoms with van der Waals surface area (Å²) in [6, 6.07) is 4.36. The van der Waals surface area contributed by atoms with E-state index in [9.17, 15) is 4.79 Å². The van der Waals surface area contributed by atoms with E-state index in [1.165, 1.54) is 7.11 Å². The fourth-order valence-electron chi connectivity index (χ4n) is 3.17. The molecule has 5 nitrogen and oxygen atoms in total. The molecule has 0 radical (unpaired) electrons. The van der Waals surface area contributed by atoms with Gasteiger partial charge in [-0.1, -0.05) is 6.07 Å². The van der Waals surface area contributed by atoms with Crippen molar-refractivity contribution in [3.8, 4) is 10.7 Å². The maximum atomic E-state index is 12.1. The van der Waals surface area contributed by atoms with Crippen molar-refractivity contribution in [2.75, 3.05) is 14.2 Å². The van der Waals surface area contributed by atoms with E-state index in [-0.39, 0.29) is 12.0 Å². The Bertz CT molecular complexity index is 623. The number of aromatic nitrogens is 2. The zero-order chi connectivity index (χ0) is 14.9. The van der Waals surface area contributed by atoms with Crippen molar-refractivity contribution in [2.45, 2.75) is 30.8 Å². The van der Waals surface area contributed by atoms with Crippen molar-refractivity contribution in [1.82, 2.24) is 14.9 Å². The largest absolute Gasteiger partial charge is 0.468 e. The summed E-state index contributed by atoms with van der Waals surface area (Å²) in [6.07, 6.45) is 6.27. The number of methoxy groups -OCH3 is 1. The Kier molecular flexibility index (Phi) is 3.82. The van der Waals surface area contributed by atoms with E-state index in [0.717, 1.165) is 30.0 Å². The molecule has 2 heterocycles. The van der Waals surface area contributed by atoms with E-state index in [0.29, 0.717) is 0 Å². The highest BCUT2D eigenvalue weighted by Gasteiger charge is 2.46. The van der Waals surface area contributed by atoms with Gasteiger partial charge in [-0.05, 0) is 37.8 Å². The molecule has 6 heteroatoms. The van der Waals surface area contributed by atoms with Crippen LogP contribution in [0.25, 0.3) is 10.7 Å². The van der Waals surface area contributed by atoms with Crippen LogP contribution in [0.4, 0.5) is 0 Å². The van der Waals surface area contributed by atoms with Crippen molar-refractivity contribution >= 4 is 17.3 Å². The summed E-state index contributed by atoms with van der Waals surface area (Å²) in [5, 5.41) is 5.22. The predicted molar refractivity (Wildman–Crippen MR) is 82.2 cm³/mol. The van der Waals surface area contributed by atoms with Crippen LogP contribution in [0.1, 0.15) is 25.3 Å². The number of likely N-dealkylation sites (N-methyl/N-ethyl adjacent to an activating group) is 1. The number of ether oxygens (including phenoxy) is 1. The van der Waals surface area contributed by atoms with Gasteiger partial charge >= 0.3 is 5.97 Å². The third-order valence-electron chi connectivity index (χ3n) is 4.35. The third-order valence-corrected chi connectivity index (χ3v) is 5.21. The standard InChI is InChI=1S/C15H19N3O2S/c1-16-15(14(19)20-2)6-5-11(10-15)18-8-7-17-13(18)12-4-3-9-21-12/h3-4,7-9,11,16H,5-6,10H2,1-2H3. The number of imidazole rings is 1. The number of esters is 1. The molecule has 0 aliphatic heterocycles. The molecule has 21 heavy (non-hydrogen) atoms. The first-order valence-corrected chi connectivity index (χ1v) is 7.92. The molecule has 0 aromatic carbocycles. The van der Waals surface area contributed by atoms with Gasteiger partial charge < -0.3 is 14.6 Å². The van der Waals surface area contributed by atoms with Crippen LogP contribution in [-0.2, 0) is 9.53 Å². The van der Waals surface area contributed by atoms with Crippen LogP contribution < -0.4 is 5.32 Å². The number of hydrogen-bond donors (Lipinski definition) is 1. The fraction of sp³-hybridized carbons (Fsp3) is 0.467. The first-order valence-electron chi connectivity index (χ1n) is 7.04. The maximum absolute atomic E-state index is 12.1. The number of thiophene rings is 1. The first-order chi connectivity index (χ1) is 10.2. The predicted octanol–water partition coefficient (Wildman–Crippen LogP) is 2.47. The first kappa shape index (κ1) is 14.3. The summed E-state index contributed by atoms with van der Waals surface area (Å²) in [7, 11) is 3.27. The van der Waals surface area contributed by atoms with Crippen LogP contribution in [-0.4, -0.2) is 35.2 Å². The van der Waals surface area contributed by atoms with Gasteiger partial charge in [0.15, 0.2) is 0 Å². The second-order valence-corrected chi connectivity index (χ2v) is 6.30. The van der Waals surface area contributed by atoms with Crippen LogP contribution in [0.5, 0.6) is 0 Å². The van der Waals surface area contributed by atoms with E-state index in [4.69, 9.17) is 4.74 Å². The van der Waals surface area contributed by atoms with Crippen molar-refractivity contribution in [2.24, 2.45) is 0 Å². The van der Waals surface area contributed by atoms with Crippen LogP contribution >= 0.6 is 11.3 Å². The molecule has 2 unspecified atom stereocenters. The van der Waals surface area contributed by atoms with Crippen molar-refractivity contribution in [1.29, 1.82) is 0 Å². The lowest BCUT2D eigenvalue weighted by Gasteiger charge is -2.26. The van der Waals surface area contributed by atoms with E-state index >= 15 is 0 Å². The number of carbonyl (C=O) groups is 1. The molecule has 1 N–H and O–H groups in total. The second kappa shape index (κ2) is 5.61. The van der Waals surface area contributed by atoms with Crippen LogP contribution in [0.2, 0.25) is 0 Å². The molecule has 1 saturated carbocycles. The number of nitrogens with one attached hydrogen (secondary N) is 1. The minimum Gasteiger partial charge on any atom is -0.468 e. The number of hydrogen-bond acceptors (Lipinski definition) is 5. The molecule has 2 aromatic rings. The van der Waals surface area contributed by atoms with Gasteiger partial charge in [-0.15, -0.1) is 11.3 Å². The van der Waals surface area contributed by atoms with Gasteiger partial charge in [-0.3, -0.25) is 4.79 Å². The lowest BCUT2D eigenvalue weighted by molar-refractivity contribution is -0.148. The Hall–Kier alpha value is -1.66. The summed E-state index contributed by atoms with van der Waals surface area (Å²) in [5.41, 5.74) is -0.573. The van der Waals surface area contributed by atoms with Crippen molar-refractivity contribution in [3.63, 3.8) is 0 Å². The summed E-state index contributed by atoms with van der Waals surface area (Å²) < 4.78 is 7.16. The molecule has 1 fully saturated rings. The number of nitrogens with zero attached hydrogens (tertiary/aromatic N) is 2. The monoisotopic (exact) mass is 305 g/mol. The molecular weight excluding hydrogens is 286 g/mol. The van der Waals surface area contributed by atoms with Crippen molar-refractivity contribution < 1.29 is 9.53 Å². The zero-order valence-electron chi connectivity index (χ0n) is 12.2. The molecule has 2 atom stereocenters. The Morgan fingerprint density at radius 1 is 1.62 bits per heavy atom. The fourth-order valence-corrected chi connectivity index (χ4v) is 3.90. The average molecular weight is 305 g/mol. The summed E-state index contributed by atoms with van der Waals surface area (Å²) in [6.45, 7) is 0. The molecule has 3 rings (SSSR count). The molecule has 0 spiro atoms. The van der Waals surface area contributed by atoms with Gasteiger partial charge in [0.1, 0.15) is 11.4 Å². The van der Waals surface area contributed by atoms with E-state index in [1.54, 1.807) is 11.3 Å². The number of rotatable bonds is 4. The summed E-state index contributed by atoms with van der Waals surface area (Å²) in [4.78, 5) is 17.7. The van der Waals surface area contributed by atoms with Gasteiger partial charge in [-0.2, -0.15) is 0 Å². The molecule has 112 valence electrons. The van der Waals surface area contributed by atoms with Crippen LogP contribution in [0.15, 0.2) is 29.9 Å². The van der Waals surface area contributed by atoms with Gasteiger partial charge in [0.25, 0.3) is 0 Å². The van der Waals surface area contributed by atoms with Gasteiger partial charge in [0.05, 0.1) is 12.0 Å². The minimum atomic E-state index is -0.573. The highest BCUT2D eigenvalue weighted by atomic mass is 32.1. The van der Waals surface area contributed by atoms with E-state index < -0.39 is 5.54 Å². The lowest BCUT2D eigenvalue weighted by Crippen LogP contribution is -2.49. The Balaban J connectivity index is 1.87. The lowest BCUT2D eigenvalue weighted by atomic mass is 9.98. The highest BCUT2D eigenvalue weighted by molar-refractivity contribution is 7.13. The minimum absolute atomic E-state index is 0.176. The molecule has 0 bridgehead atoms. The SMILES string of the molecule is CNC1(C(=O)OC)CCC(n2ccnc2-c2cccs2)C1. The molecule has 1 aliphatic carbocycles. The normalized spacial score (nSPS) is 25.1. The highest BCUT2D eigenvalue weighted by Crippen LogP contribution is 2.40. The van der Waals surface area contributed by atoms with E-state index in [1.807, 2.05) is 25.5 Å².